The van der Waals surface area contributed by atoms with Crippen LogP contribution in [0.3, 0.4) is 0 Å². The van der Waals surface area contributed by atoms with E-state index in [4.69, 9.17) is 23.2 Å². The highest BCUT2D eigenvalue weighted by Gasteiger charge is 2.33. The van der Waals surface area contributed by atoms with Crippen LogP contribution in [0.15, 0.2) is 36.4 Å². The van der Waals surface area contributed by atoms with Gasteiger partial charge in [-0.3, -0.25) is 4.79 Å². The molecule has 0 aliphatic heterocycles. The summed E-state index contributed by atoms with van der Waals surface area (Å²) in [5.41, 5.74) is -0.511. The van der Waals surface area contributed by atoms with Gasteiger partial charge in [0.25, 0.3) is 0 Å². The van der Waals surface area contributed by atoms with Crippen molar-refractivity contribution in [1.29, 1.82) is 0 Å². The summed E-state index contributed by atoms with van der Waals surface area (Å²) in [6.45, 7) is 0.188. The summed E-state index contributed by atoms with van der Waals surface area (Å²) in [6.07, 6.45) is -4.62. The minimum absolute atomic E-state index is 0.00782. The Morgan fingerprint density at radius 1 is 1.00 bits per heavy atom. The quantitative estimate of drug-likeness (QED) is 0.648. The zero-order valence-corrected chi connectivity index (χ0v) is 14.1. The van der Waals surface area contributed by atoms with Crippen molar-refractivity contribution in [3.05, 3.63) is 57.8 Å². The number of alkyl halides is 3. The van der Waals surface area contributed by atoms with Crippen LogP contribution in [0.25, 0.3) is 0 Å². The number of rotatable bonds is 5. The van der Waals surface area contributed by atoms with E-state index in [-0.39, 0.29) is 23.7 Å². The number of carbonyl (C=O) groups is 1. The van der Waals surface area contributed by atoms with Crippen molar-refractivity contribution in [1.82, 2.24) is 0 Å². The van der Waals surface area contributed by atoms with Gasteiger partial charge in [0.1, 0.15) is 5.82 Å². The number of nitrogens with one attached hydrogen (secondary N) is 2. The molecule has 134 valence electrons. The molecule has 0 bridgehead atoms. The molecule has 0 heterocycles. The van der Waals surface area contributed by atoms with Crippen LogP contribution in [0.5, 0.6) is 0 Å². The van der Waals surface area contributed by atoms with E-state index in [2.05, 4.69) is 10.6 Å². The average molecular weight is 395 g/mol. The molecule has 2 rings (SSSR count). The zero-order chi connectivity index (χ0) is 18.6. The molecule has 3 nitrogen and oxygen atoms in total. The van der Waals surface area contributed by atoms with E-state index in [1.54, 1.807) is 0 Å². The molecule has 0 saturated carbocycles. The van der Waals surface area contributed by atoms with Gasteiger partial charge in [-0.05, 0) is 36.4 Å². The van der Waals surface area contributed by atoms with Crippen molar-refractivity contribution in [2.75, 3.05) is 17.2 Å². The van der Waals surface area contributed by atoms with Crippen LogP contribution < -0.4 is 10.6 Å². The zero-order valence-electron chi connectivity index (χ0n) is 12.6. The summed E-state index contributed by atoms with van der Waals surface area (Å²) < 4.78 is 51.3. The van der Waals surface area contributed by atoms with Crippen LogP contribution in [0.2, 0.25) is 10.0 Å². The fourth-order valence-electron chi connectivity index (χ4n) is 1.97. The Bertz CT molecular complexity index is 781. The maximum Gasteiger partial charge on any atom is 0.417 e. The maximum atomic E-state index is 13.0. The van der Waals surface area contributed by atoms with Gasteiger partial charge in [0.05, 0.1) is 15.6 Å². The Morgan fingerprint density at radius 2 is 1.68 bits per heavy atom. The summed E-state index contributed by atoms with van der Waals surface area (Å²) in [7, 11) is 0. The first-order chi connectivity index (χ1) is 11.7. The highest BCUT2D eigenvalue weighted by Crippen LogP contribution is 2.36. The summed E-state index contributed by atoms with van der Waals surface area (Å²) in [5, 5.41) is 4.72. The first kappa shape index (κ1) is 19.3. The third-order valence-corrected chi connectivity index (χ3v) is 3.78. The van der Waals surface area contributed by atoms with Crippen LogP contribution in [-0.4, -0.2) is 12.5 Å². The molecule has 0 radical (unpaired) electrons. The maximum absolute atomic E-state index is 13.0. The van der Waals surface area contributed by atoms with Crippen molar-refractivity contribution in [3.8, 4) is 0 Å². The van der Waals surface area contributed by atoms with Gasteiger partial charge < -0.3 is 10.6 Å². The van der Waals surface area contributed by atoms with Gasteiger partial charge in [0.15, 0.2) is 0 Å². The normalized spacial score (nSPS) is 11.3. The van der Waals surface area contributed by atoms with Gasteiger partial charge in [-0.15, -0.1) is 0 Å². The third kappa shape index (κ3) is 5.51. The molecule has 0 aliphatic rings. The van der Waals surface area contributed by atoms with Crippen LogP contribution in [0.4, 0.5) is 28.9 Å². The number of hydrogen-bond acceptors (Lipinski definition) is 2. The lowest BCUT2D eigenvalue weighted by Gasteiger charge is -2.12. The standard InChI is InChI=1S/C16H12Cl2F4N2O/c17-12-3-1-10(7-11(12)16(20,21)22)24-15(25)5-6-23-9-2-4-14(19)13(18)8-9/h1-4,7-8,23H,5-6H2,(H,24,25). The predicted octanol–water partition coefficient (Wildman–Crippen LogP) is 5.59. The summed E-state index contributed by atoms with van der Waals surface area (Å²) >= 11 is 11.1. The summed E-state index contributed by atoms with van der Waals surface area (Å²) in [5.74, 6) is -1.05. The highest BCUT2D eigenvalue weighted by atomic mass is 35.5. The molecular weight excluding hydrogens is 383 g/mol. The second-order valence-electron chi connectivity index (χ2n) is 5.05. The molecule has 0 unspecified atom stereocenters. The second-order valence-corrected chi connectivity index (χ2v) is 5.86. The van der Waals surface area contributed by atoms with Crippen LogP contribution in [-0.2, 0) is 11.0 Å². The fourth-order valence-corrected chi connectivity index (χ4v) is 2.38. The lowest BCUT2D eigenvalue weighted by molar-refractivity contribution is -0.137. The van der Waals surface area contributed by atoms with Crippen LogP contribution >= 0.6 is 23.2 Å². The highest BCUT2D eigenvalue weighted by molar-refractivity contribution is 6.31. The molecular formula is C16H12Cl2F4N2O. The van der Waals surface area contributed by atoms with E-state index < -0.39 is 28.5 Å². The molecule has 25 heavy (non-hydrogen) atoms. The number of carbonyl (C=O) groups excluding carboxylic acids is 1. The Hall–Kier alpha value is -1.99. The largest absolute Gasteiger partial charge is 0.417 e. The minimum atomic E-state index is -4.61. The molecule has 2 aromatic carbocycles. The molecule has 2 aromatic rings. The molecule has 9 heteroatoms. The van der Waals surface area contributed by atoms with Crippen LogP contribution in [0.1, 0.15) is 12.0 Å². The first-order valence-electron chi connectivity index (χ1n) is 7.02. The fraction of sp³-hybridized carbons (Fsp3) is 0.188. The van der Waals surface area contributed by atoms with E-state index in [9.17, 15) is 22.4 Å². The SMILES string of the molecule is O=C(CCNc1ccc(F)c(Cl)c1)Nc1ccc(Cl)c(C(F)(F)F)c1. The van der Waals surface area contributed by atoms with Gasteiger partial charge in [0.2, 0.25) is 5.91 Å². The van der Waals surface area contributed by atoms with Crippen molar-refractivity contribution in [2.24, 2.45) is 0 Å². The molecule has 0 saturated heterocycles. The second kappa shape index (κ2) is 7.93. The molecule has 0 aliphatic carbocycles. The Labute approximate surface area is 150 Å². The smallest absolute Gasteiger partial charge is 0.384 e. The molecule has 0 atom stereocenters. The Morgan fingerprint density at radius 3 is 2.32 bits per heavy atom. The van der Waals surface area contributed by atoms with Gasteiger partial charge in [0, 0.05) is 24.3 Å². The number of benzene rings is 2. The lowest BCUT2D eigenvalue weighted by Crippen LogP contribution is -2.17. The topological polar surface area (TPSA) is 41.1 Å². The van der Waals surface area contributed by atoms with E-state index in [1.165, 1.54) is 24.3 Å². The Kier molecular flexibility index (Phi) is 6.13. The van der Waals surface area contributed by atoms with E-state index in [0.717, 1.165) is 12.1 Å². The summed E-state index contributed by atoms with van der Waals surface area (Å²) in [6, 6.07) is 7.11. The van der Waals surface area contributed by atoms with E-state index >= 15 is 0 Å². The average Bonchev–Trinajstić information content (AvgIpc) is 2.51. The van der Waals surface area contributed by atoms with Crippen molar-refractivity contribution in [2.45, 2.75) is 12.6 Å². The van der Waals surface area contributed by atoms with Gasteiger partial charge in [-0.1, -0.05) is 23.2 Å². The molecule has 2 N–H and O–H groups in total. The number of hydrogen-bond donors (Lipinski definition) is 2. The van der Waals surface area contributed by atoms with Crippen LogP contribution in [0, 0.1) is 5.82 Å². The molecule has 1 amide bonds. The van der Waals surface area contributed by atoms with E-state index in [1.807, 2.05) is 0 Å². The number of anilines is 2. The molecule has 0 fully saturated rings. The van der Waals surface area contributed by atoms with Crippen molar-refractivity contribution in [3.63, 3.8) is 0 Å². The number of amides is 1. The summed E-state index contributed by atoms with van der Waals surface area (Å²) in [4.78, 5) is 11.8. The van der Waals surface area contributed by atoms with E-state index in [0.29, 0.717) is 5.69 Å². The van der Waals surface area contributed by atoms with Gasteiger partial charge in [-0.2, -0.15) is 13.2 Å². The van der Waals surface area contributed by atoms with Gasteiger partial charge in [-0.25, -0.2) is 4.39 Å². The minimum Gasteiger partial charge on any atom is -0.384 e. The van der Waals surface area contributed by atoms with Crippen molar-refractivity contribution >= 4 is 40.5 Å². The van der Waals surface area contributed by atoms with Gasteiger partial charge >= 0.3 is 6.18 Å². The Balaban J connectivity index is 1.91. The predicted molar refractivity (Wildman–Crippen MR) is 89.6 cm³/mol. The first-order valence-corrected chi connectivity index (χ1v) is 7.78. The molecule has 0 aromatic heterocycles. The lowest BCUT2D eigenvalue weighted by atomic mass is 10.2. The monoisotopic (exact) mass is 394 g/mol. The molecule has 0 spiro atoms. The van der Waals surface area contributed by atoms with Crippen molar-refractivity contribution < 1.29 is 22.4 Å². The number of halogens is 6. The third-order valence-electron chi connectivity index (χ3n) is 3.16.